The van der Waals surface area contributed by atoms with Gasteiger partial charge in [-0.1, -0.05) is 18.2 Å². The number of nitrogens with two attached hydrogens (primary N) is 1. The van der Waals surface area contributed by atoms with Crippen molar-refractivity contribution in [3.05, 3.63) is 36.0 Å². The molecule has 9 heteroatoms. The zero-order valence-corrected chi connectivity index (χ0v) is 17.5. The molecule has 0 aliphatic rings. The first-order valence-electron chi connectivity index (χ1n) is 9.46. The maximum absolute atomic E-state index is 12.8. The van der Waals surface area contributed by atoms with Crippen LogP contribution in [0.1, 0.15) is 32.8 Å². The molecular weight excluding hydrogens is 390 g/mol. The minimum atomic E-state index is -1.48. The molecule has 0 aliphatic heterocycles. The molecule has 2 rings (SSSR count). The second kappa shape index (κ2) is 9.43. The summed E-state index contributed by atoms with van der Waals surface area (Å²) in [7, 11) is 1.20. The van der Waals surface area contributed by atoms with Gasteiger partial charge in [0.25, 0.3) is 0 Å². The van der Waals surface area contributed by atoms with Gasteiger partial charge in [-0.15, -0.1) is 0 Å². The third kappa shape index (κ3) is 6.07. The molecule has 0 fully saturated rings. The molecule has 0 bridgehead atoms. The summed E-state index contributed by atoms with van der Waals surface area (Å²) in [6.07, 6.45) is 1.32. The van der Waals surface area contributed by atoms with Gasteiger partial charge in [0.05, 0.1) is 7.11 Å². The highest BCUT2D eigenvalue weighted by Gasteiger charge is 2.35. The van der Waals surface area contributed by atoms with Crippen molar-refractivity contribution in [2.24, 2.45) is 11.7 Å². The number of carbonyl (C=O) groups is 4. The predicted molar refractivity (Wildman–Crippen MR) is 109 cm³/mol. The molecule has 0 spiro atoms. The molecule has 1 heterocycles. The Bertz CT molecular complexity index is 944. The fraction of sp³-hybridized carbons (Fsp3) is 0.429. The van der Waals surface area contributed by atoms with Gasteiger partial charge in [0.2, 0.25) is 11.8 Å². The minimum absolute atomic E-state index is 0.125. The Morgan fingerprint density at radius 3 is 2.40 bits per heavy atom. The number of fused-ring (bicyclic) bond motifs is 1. The number of methoxy groups -OCH3 is 1. The zero-order chi connectivity index (χ0) is 22.5. The normalized spacial score (nSPS) is 13.3. The van der Waals surface area contributed by atoms with Crippen LogP contribution < -0.4 is 11.1 Å². The van der Waals surface area contributed by atoms with Crippen molar-refractivity contribution in [3.63, 3.8) is 0 Å². The topological polar surface area (TPSA) is 141 Å². The molecule has 0 aliphatic carbocycles. The van der Waals surface area contributed by atoms with Crippen LogP contribution in [0.3, 0.4) is 0 Å². The summed E-state index contributed by atoms with van der Waals surface area (Å²) in [4.78, 5) is 52.0. The lowest BCUT2D eigenvalue weighted by atomic mass is 10.0. The largest absolute Gasteiger partial charge is 0.467 e. The van der Waals surface area contributed by atoms with Gasteiger partial charge in [0.1, 0.15) is 17.6 Å². The Hall–Kier alpha value is -3.36. The van der Waals surface area contributed by atoms with Gasteiger partial charge in [-0.25, -0.2) is 4.79 Å². The Morgan fingerprint density at radius 1 is 1.13 bits per heavy atom. The molecule has 2 aromatic rings. The van der Waals surface area contributed by atoms with Crippen molar-refractivity contribution in [1.82, 2.24) is 10.3 Å². The molecule has 0 saturated heterocycles. The number of primary amides is 1. The summed E-state index contributed by atoms with van der Waals surface area (Å²) in [5.74, 6) is -4.73. The van der Waals surface area contributed by atoms with Crippen LogP contribution >= 0.6 is 0 Å². The number of rotatable bonds is 8. The fourth-order valence-corrected chi connectivity index (χ4v) is 2.99. The van der Waals surface area contributed by atoms with Crippen LogP contribution in [-0.4, -0.2) is 47.5 Å². The van der Waals surface area contributed by atoms with Crippen molar-refractivity contribution in [2.45, 2.75) is 45.3 Å². The molecule has 0 radical (unpaired) electrons. The summed E-state index contributed by atoms with van der Waals surface area (Å²) < 4.78 is 10.0. The summed E-state index contributed by atoms with van der Waals surface area (Å²) in [5, 5.41) is 3.40. The first-order chi connectivity index (χ1) is 14.0. The van der Waals surface area contributed by atoms with Crippen LogP contribution in [0.25, 0.3) is 10.9 Å². The summed E-state index contributed by atoms with van der Waals surface area (Å²) in [6.45, 7) is 4.91. The Balaban J connectivity index is 2.24. The van der Waals surface area contributed by atoms with E-state index in [1.807, 2.05) is 24.3 Å². The Morgan fingerprint density at radius 2 is 1.80 bits per heavy atom. The van der Waals surface area contributed by atoms with Crippen molar-refractivity contribution in [2.75, 3.05) is 7.11 Å². The number of hydrogen-bond acceptors (Lipinski definition) is 6. The van der Waals surface area contributed by atoms with Gasteiger partial charge in [-0.3, -0.25) is 14.4 Å². The molecule has 30 heavy (non-hydrogen) atoms. The SMILES string of the molecule is COC(=O)C(Cc1c[nH]c2ccccc12)NC(=O)C(CC(N)=O)C(=O)OC(C)(C)C. The maximum atomic E-state index is 12.8. The maximum Gasteiger partial charge on any atom is 0.328 e. The summed E-state index contributed by atoms with van der Waals surface area (Å²) in [6, 6.07) is 6.43. The van der Waals surface area contributed by atoms with E-state index in [0.29, 0.717) is 0 Å². The lowest BCUT2D eigenvalue weighted by Gasteiger charge is -2.24. The number of amides is 2. The van der Waals surface area contributed by atoms with Gasteiger partial charge >= 0.3 is 11.9 Å². The molecule has 162 valence electrons. The summed E-state index contributed by atoms with van der Waals surface area (Å²) in [5.41, 5.74) is 6.00. The van der Waals surface area contributed by atoms with E-state index in [0.717, 1.165) is 16.5 Å². The second-order valence-electron chi connectivity index (χ2n) is 7.90. The van der Waals surface area contributed by atoms with Crippen LogP contribution in [0.4, 0.5) is 0 Å². The molecular formula is C21H27N3O6. The molecule has 1 aromatic heterocycles. The number of aromatic amines is 1. The van der Waals surface area contributed by atoms with E-state index in [-0.39, 0.29) is 6.42 Å². The van der Waals surface area contributed by atoms with E-state index >= 15 is 0 Å². The van der Waals surface area contributed by atoms with Gasteiger partial charge in [0.15, 0.2) is 0 Å². The average molecular weight is 417 g/mol. The molecule has 2 atom stereocenters. The lowest BCUT2D eigenvalue weighted by Crippen LogP contribution is -2.48. The Labute approximate surface area is 174 Å². The molecule has 9 nitrogen and oxygen atoms in total. The van der Waals surface area contributed by atoms with E-state index in [2.05, 4.69) is 10.3 Å². The van der Waals surface area contributed by atoms with Crippen LogP contribution in [0, 0.1) is 5.92 Å². The number of benzene rings is 1. The number of para-hydroxylation sites is 1. The van der Waals surface area contributed by atoms with E-state index in [1.54, 1.807) is 27.0 Å². The standard InChI is InChI=1S/C21H27N3O6/c1-21(2,3)30-19(27)14(10-17(22)25)18(26)24-16(20(28)29-4)9-12-11-23-15-8-6-5-7-13(12)15/h5-8,11,14,16,23H,9-10H2,1-4H3,(H2,22,25)(H,24,26). The zero-order valence-electron chi connectivity index (χ0n) is 17.5. The van der Waals surface area contributed by atoms with Crippen molar-refractivity contribution in [1.29, 1.82) is 0 Å². The third-order valence-electron chi connectivity index (χ3n) is 4.31. The van der Waals surface area contributed by atoms with Crippen molar-refractivity contribution in [3.8, 4) is 0 Å². The molecule has 0 saturated carbocycles. The van der Waals surface area contributed by atoms with Crippen molar-refractivity contribution < 1.29 is 28.7 Å². The van der Waals surface area contributed by atoms with Crippen LogP contribution in [0.2, 0.25) is 0 Å². The monoisotopic (exact) mass is 417 g/mol. The Kier molecular flexibility index (Phi) is 7.20. The van der Waals surface area contributed by atoms with E-state index in [9.17, 15) is 19.2 Å². The minimum Gasteiger partial charge on any atom is -0.467 e. The van der Waals surface area contributed by atoms with E-state index in [1.165, 1.54) is 7.11 Å². The number of aromatic nitrogens is 1. The van der Waals surface area contributed by atoms with Crippen LogP contribution in [0.5, 0.6) is 0 Å². The van der Waals surface area contributed by atoms with Gasteiger partial charge in [0, 0.05) is 29.9 Å². The van der Waals surface area contributed by atoms with Gasteiger partial charge in [-0.05, 0) is 32.4 Å². The van der Waals surface area contributed by atoms with Gasteiger partial charge in [-0.2, -0.15) is 0 Å². The number of carbonyl (C=O) groups excluding carboxylic acids is 4. The number of hydrogen-bond donors (Lipinski definition) is 3. The number of ether oxygens (including phenoxy) is 2. The van der Waals surface area contributed by atoms with E-state index < -0.39 is 47.7 Å². The molecule has 1 aromatic carbocycles. The van der Waals surface area contributed by atoms with Crippen molar-refractivity contribution >= 4 is 34.7 Å². The fourth-order valence-electron chi connectivity index (χ4n) is 2.99. The highest BCUT2D eigenvalue weighted by molar-refractivity contribution is 6.02. The second-order valence-corrected chi connectivity index (χ2v) is 7.90. The van der Waals surface area contributed by atoms with Crippen LogP contribution in [-0.2, 0) is 35.1 Å². The first-order valence-corrected chi connectivity index (χ1v) is 9.46. The smallest absolute Gasteiger partial charge is 0.328 e. The number of esters is 2. The third-order valence-corrected chi connectivity index (χ3v) is 4.31. The highest BCUT2D eigenvalue weighted by Crippen LogP contribution is 2.20. The summed E-state index contributed by atoms with van der Waals surface area (Å²) >= 11 is 0. The molecule has 2 unspecified atom stereocenters. The average Bonchev–Trinajstić information content (AvgIpc) is 3.06. The number of nitrogens with one attached hydrogen (secondary N) is 2. The van der Waals surface area contributed by atoms with Crippen LogP contribution in [0.15, 0.2) is 30.5 Å². The number of H-pyrrole nitrogens is 1. The van der Waals surface area contributed by atoms with Gasteiger partial charge < -0.3 is 25.5 Å². The molecule has 4 N–H and O–H groups in total. The highest BCUT2D eigenvalue weighted by atomic mass is 16.6. The quantitative estimate of drug-likeness (QED) is 0.435. The van der Waals surface area contributed by atoms with E-state index in [4.69, 9.17) is 15.2 Å². The predicted octanol–water partition coefficient (Wildman–Crippen LogP) is 1.20. The lowest BCUT2D eigenvalue weighted by molar-refractivity contribution is -0.164. The first kappa shape index (κ1) is 22.9. The molecule has 2 amide bonds.